The van der Waals surface area contributed by atoms with Gasteiger partial charge in [-0.1, -0.05) is 44.2 Å². The average Bonchev–Trinajstić information content (AvgIpc) is 2.68. The maximum absolute atomic E-state index is 13.0. The van der Waals surface area contributed by atoms with E-state index in [1.807, 2.05) is 30.3 Å². The van der Waals surface area contributed by atoms with Crippen molar-refractivity contribution in [2.45, 2.75) is 13.8 Å². The van der Waals surface area contributed by atoms with E-state index in [2.05, 4.69) is 34.4 Å². The molecule has 0 aliphatic heterocycles. The molecule has 0 radical (unpaired) electrons. The molecule has 138 valence electrons. The zero-order valence-electron chi connectivity index (χ0n) is 15.2. The summed E-state index contributed by atoms with van der Waals surface area (Å²) < 4.78 is 13.0. The zero-order chi connectivity index (χ0) is 19.2. The molecule has 0 saturated heterocycles. The van der Waals surface area contributed by atoms with Gasteiger partial charge in [-0.3, -0.25) is 4.79 Å². The van der Waals surface area contributed by atoms with Crippen molar-refractivity contribution in [1.29, 1.82) is 0 Å². The van der Waals surface area contributed by atoms with Crippen LogP contribution in [0.5, 0.6) is 0 Å². The summed E-state index contributed by atoms with van der Waals surface area (Å²) >= 11 is 0. The number of carbonyl (C=O) groups is 1. The van der Waals surface area contributed by atoms with Gasteiger partial charge in [0.15, 0.2) is 5.82 Å². The topological polar surface area (TPSA) is 66.9 Å². The molecule has 1 heterocycles. The smallest absolute Gasteiger partial charge is 0.274 e. The first kappa shape index (κ1) is 18.5. The number of nitrogens with one attached hydrogen (secondary N) is 2. The van der Waals surface area contributed by atoms with Crippen molar-refractivity contribution in [3.05, 3.63) is 72.2 Å². The highest BCUT2D eigenvalue weighted by Crippen LogP contribution is 2.19. The first-order valence-electron chi connectivity index (χ1n) is 8.76. The second-order valence-electron chi connectivity index (χ2n) is 6.56. The second kappa shape index (κ2) is 8.40. The molecule has 0 spiro atoms. The molecule has 3 aromatic rings. The Kier molecular flexibility index (Phi) is 5.76. The van der Waals surface area contributed by atoms with E-state index in [-0.39, 0.29) is 17.4 Å². The van der Waals surface area contributed by atoms with Crippen molar-refractivity contribution >= 4 is 17.4 Å². The highest BCUT2D eigenvalue weighted by molar-refractivity contribution is 6.03. The van der Waals surface area contributed by atoms with Crippen molar-refractivity contribution in [1.82, 2.24) is 9.97 Å². The fraction of sp³-hybridized carbons (Fsp3) is 0.190. The van der Waals surface area contributed by atoms with E-state index >= 15 is 0 Å². The second-order valence-corrected chi connectivity index (χ2v) is 6.56. The Bertz CT molecular complexity index is 911. The molecule has 6 heteroatoms. The number of hydrogen-bond donors (Lipinski definition) is 2. The van der Waals surface area contributed by atoms with E-state index in [0.717, 1.165) is 12.1 Å². The molecule has 0 aliphatic carbocycles. The van der Waals surface area contributed by atoms with Gasteiger partial charge in [-0.25, -0.2) is 14.4 Å². The first-order valence-corrected chi connectivity index (χ1v) is 8.76. The monoisotopic (exact) mass is 364 g/mol. The van der Waals surface area contributed by atoms with Crippen molar-refractivity contribution in [3.63, 3.8) is 0 Å². The van der Waals surface area contributed by atoms with Crippen LogP contribution >= 0.6 is 0 Å². The number of halogens is 1. The fourth-order valence-corrected chi connectivity index (χ4v) is 2.41. The van der Waals surface area contributed by atoms with Crippen LogP contribution in [0.1, 0.15) is 24.3 Å². The van der Waals surface area contributed by atoms with E-state index in [4.69, 9.17) is 0 Å². The summed E-state index contributed by atoms with van der Waals surface area (Å²) in [6.45, 7) is 4.91. The van der Waals surface area contributed by atoms with Crippen LogP contribution in [-0.2, 0) is 0 Å². The van der Waals surface area contributed by atoms with Gasteiger partial charge in [0.1, 0.15) is 17.3 Å². The van der Waals surface area contributed by atoms with Gasteiger partial charge in [0.05, 0.1) is 0 Å². The molecule has 0 aliphatic rings. The Balaban J connectivity index is 1.91. The normalized spacial score (nSPS) is 10.7. The standard InChI is InChI=1S/C21H21FN4O/c1-14(2)13-23-19-12-18(21(27)24-17-10-8-16(22)9-11-17)25-20(26-19)15-6-4-3-5-7-15/h3-12,14H,13H2,1-2H3,(H,24,27)(H,23,25,26). The minimum Gasteiger partial charge on any atom is -0.370 e. The lowest BCUT2D eigenvalue weighted by molar-refractivity contribution is 0.102. The number of amides is 1. The largest absolute Gasteiger partial charge is 0.370 e. The van der Waals surface area contributed by atoms with Crippen LogP contribution in [0.4, 0.5) is 15.9 Å². The summed E-state index contributed by atoms with van der Waals surface area (Å²) in [5, 5.41) is 5.97. The summed E-state index contributed by atoms with van der Waals surface area (Å²) in [7, 11) is 0. The first-order chi connectivity index (χ1) is 13.0. The third-order valence-electron chi connectivity index (χ3n) is 3.78. The van der Waals surface area contributed by atoms with Crippen molar-refractivity contribution < 1.29 is 9.18 Å². The zero-order valence-corrected chi connectivity index (χ0v) is 15.2. The van der Waals surface area contributed by atoms with Crippen LogP contribution in [0.15, 0.2) is 60.7 Å². The Labute approximate surface area is 157 Å². The number of benzene rings is 2. The number of hydrogen-bond acceptors (Lipinski definition) is 4. The van der Waals surface area contributed by atoms with Crippen LogP contribution in [0, 0.1) is 11.7 Å². The summed E-state index contributed by atoms with van der Waals surface area (Å²) in [6, 6.07) is 16.7. The average molecular weight is 364 g/mol. The number of carbonyl (C=O) groups excluding carboxylic acids is 1. The molecular weight excluding hydrogens is 343 g/mol. The van der Waals surface area contributed by atoms with Gasteiger partial charge >= 0.3 is 0 Å². The molecular formula is C21H21FN4O. The summed E-state index contributed by atoms with van der Waals surface area (Å²) in [6.07, 6.45) is 0. The fourth-order valence-electron chi connectivity index (χ4n) is 2.41. The van der Waals surface area contributed by atoms with E-state index in [9.17, 15) is 9.18 Å². The Hall–Kier alpha value is -3.28. The molecule has 0 saturated carbocycles. The van der Waals surface area contributed by atoms with Crippen LogP contribution < -0.4 is 10.6 Å². The Morgan fingerprint density at radius 3 is 2.41 bits per heavy atom. The molecule has 5 nitrogen and oxygen atoms in total. The minimum absolute atomic E-state index is 0.236. The van der Waals surface area contributed by atoms with Gasteiger partial charge in [-0.2, -0.15) is 0 Å². The quantitative estimate of drug-likeness (QED) is 0.671. The molecule has 0 fully saturated rings. The molecule has 0 bridgehead atoms. The molecule has 3 rings (SSSR count). The summed E-state index contributed by atoms with van der Waals surface area (Å²) in [5.74, 6) is 0.738. The molecule has 1 amide bonds. The lowest BCUT2D eigenvalue weighted by Gasteiger charge is -2.12. The third kappa shape index (κ3) is 5.10. The van der Waals surface area contributed by atoms with Gasteiger partial charge in [-0.05, 0) is 30.2 Å². The van der Waals surface area contributed by atoms with E-state index in [0.29, 0.717) is 23.2 Å². The van der Waals surface area contributed by atoms with Gasteiger partial charge in [0, 0.05) is 23.9 Å². The summed E-state index contributed by atoms with van der Waals surface area (Å²) in [4.78, 5) is 21.6. The van der Waals surface area contributed by atoms with E-state index < -0.39 is 0 Å². The van der Waals surface area contributed by atoms with Gasteiger partial charge in [0.2, 0.25) is 0 Å². The van der Waals surface area contributed by atoms with Crippen LogP contribution in [0.2, 0.25) is 0 Å². The number of anilines is 2. The predicted octanol–water partition coefficient (Wildman–Crippen LogP) is 4.60. The van der Waals surface area contributed by atoms with E-state index in [1.165, 1.54) is 24.3 Å². The molecule has 0 atom stereocenters. The highest BCUT2D eigenvalue weighted by Gasteiger charge is 2.14. The Morgan fingerprint density at radius 2 is 1.74 bits per heavy atom. The number of rotatable bonds is 6. The number of aromatic nitrogens is 2. The lowest BCUT2D eigenvalue weighted by Crippen LogP contribution is -2.16. The number of nitrogens with zero attached hydrogens (tertiary/aromatic N) is 2. The van der Waals surface area contributed by atoms with Crippen molar-refractivity contribution in [2.24, 2.45) is 5.92 Å². The SMILES string of the molecule is CC(C)CNc1cc(C(=O)Nc2ccc(F)cc2)nc(-c2ccccc2)n1. The van der Waals surface area contributed by atoms with Crippen LogP contribution in [0.3, 0.4) is 0 Å². The Morgan fingerprint density at radius 1 is 1.04 bits per heavy atom. The van der Waals surface area contributed by atoms with Gasteiger partial charge in [0.25, 0.3) is 5.91 Å². The molecule has 2 N–H and O–H groups in total. The van der Waals surface area contributed by atoms with Crippen LogP contribution in [-0.4, -0.2) is 22.4 Å². The van der Waals surface area contributed by atoms with Crippen LogP contribution in [0.25, 0.3) is 11.4 Å². The molecule has 27 heavy (non-hydrogen) atoms. The van der Waals surface area contributed by atoms with Gasteiger partial charge < -0.3 is 10.6 Å². The minimum atomic E-state index is -0.381. The molecule has 2 aromatic carbocycles. The maximum Gasteiger partial charge on any atom is 0.274 e. The van der Waals surface area contributed by atoms with Gasteiger partial charge in [-0.15, -0.1) is 0 Å². The lowest BCUT2D eigenvalue weighted by atomic mass is 10.2. The molecule has 1 aromatic heterocycles. The maximum atomic E-state index is 13.0. The highest BCUT2D eigenvalue weighted by atomic mass is 19.1. The predicted molar refractivity (Wildman–Crippen MR) is 105 cm³/mol. The third-order valence-corrected chi connectivity index (χ3v) is 3.78. The molecule has 0 unspecified atom stereocenters. The van der Waals surface area contributed by atoms with Crippen molar-refractivity contribution in [2.75, 3.05) is 17.2 Å². The van der Waals surface area contributed by atoms with E-state index in [1.54, 1.807) is 6.07 Å². The van der Waals surface area contributed by atoms with Crippen molar-refractivity contribution in [3.8, 4) is 11.4 Å². The summed E-state index contributed by atoms with van der Waals surface area (Å²) in [5.41, 5.74) is 1.55.